The van der Waals surface area contributed by atoms with Crippen LogP contribution in [0.2, 0.25) is 0 Å². The van der Waals surface area contributed by atoms with Gasteiger partial charge in [-0.1, -0.05) is 12.1 Å². The van der Waals surface area contributed by atoms with Gasteiger partial charge in [-0.05, 0) is 36.1 Å². The fourth-order valence-corrected chi connectivity index (χ4v) is 6.78. The molecule has 2 aromatic rings. The zero-order chi connectivity index (χ0) is 21.9. The summed E-state index contributed by atoms with van der Waals surface area (Å²) < 4.78 is 67.8. The van der Waals surface area contributed by atoms with E-state index in [1.54, 1.807) is 24.1 Å². The SMILES string of the molecule is CC(NC(=O)c1sccc1S(=O)(=O)N1CCSCC1)c1ccc(OC(F)(F)F)cc1. The Morgan fingerprint density at radius 1 is 1.17 bits per heavy atom. The largest absolute Gasteiger partial charge is 0.573 e. The van der Waals surface area contributed by atoms with Gasteiger partial charge in [0.05, 0.1) is 6.04 Å². The summed E-state index contributed by atoms with van der Waals surface area (Å²) in [5.74, 6) is 0.487. The van der Waals surface area contributed by atoms with Gasteiger partial charge in [0.25, 0.3) is 5.91 Å². The highest BCUT2D eigenvalue weighted by Gasteiger charge is 2.32. The molecule has 2 heterocycles. The summed E-state index contributed by atoms with van der Waals surface area (Å²) >= 11 is 2.70. The molecule has 0 saturated carbocycles. The van der Waals surface area contributed by atoms with Crippen LogP contribution in [0, 0.1) is 0 Å². The lowest BCUT2D eigenvalue weighted by molar-refractivity contribution is -0.274. The molecule has 0 spiro atoms. The van der Waals surface area contributed by atoms with Gasteiger partial charge in [0.2, 0.25) is 10.0 Å². The van der Waals surface area contributed by atoms with Crippen molar-refractivity contribution in [2.75, 3.05) is 24.6 Å². The van der Waals surface area contributed by atoms with Crippen molar-refractivity contribution in [3.05, 3.63) is 46.2 Å². The highest BCUT2D eigenvalue weighted by molar-refractivity contribution is 7.99. The van der Waals surface area contributed by atoms with Crippen LogP contribution in [0.15, 0.2) is 40.6 Å². The van der Waals surface area contributed by atoms with Crippen molar-refractivity contribution in [2.24, 2.45) is 0 Å². The number of nitrogens with zero attached hydrogens (tertiary/aromatic N) is 1. The summed E-state index contributed by atoms with van der Waals surface area (Å²) in [6.07, 6.45) is -4.78. The number of carbonyl (C=O) groups excluding carboxylic acids is 1. The van der Waals surface area contributed by atoms with E-state index in [2.05, 4.69) is 10.1 Å². The summed E-state index contributed by atoms with van der Waals surface area (Å²) in [5.41, 5.74) is 0.548. The van der Waals surface area contributed by atoms with Gasteiger partial charge >= 0.3 is 6.36 Å². The van der Waals surface area contributed by atoms with Crippen LogP contribution in [-0.2, 0) is 10.0 Å². The maximum absolute atomic E-state index is 12.9. The maximum atomic E-state index is 12.9. The van der Waals surface area contributed by atoms with Gasteiger partial charge in [-0.3, -0.25) is 4.79 Å². The first kappa shape index (κ1) is 22.9. The second-order valence-electron chi connectivity index (χ2n) is 6.44. The summed E-state index contributed by atoms with van der Waals surface area (Å²) in [6, 6.07) is 5.99. The van der Waals surface area contributed by atoms with Crippen LogP contribution < -0.4 is 10.1 Å². The highest BCUT2D eigenvalue weighted by Crippen LogP contribution is 2.28. The van der Waals surface area contributed by atoms with Crippen molar-refractivity contribution in [3.8, 4) is 5.75 Å². The van der Waals surface area contributed by atoms with Gasteiger partial charge < -0.3 is 10.1 Å². The second kappa shape index (κ2) is 9.16. The number of rotatable bonds is 6. The molecule has 1 unspecified atom stereocenters. The van der Waals surface area contributed by atoms with E-state index in [-0.39, 0.29) is 15.5 Å². The molecule has 0 radical (unpaired) electrons. The molecule has 6 nitrogen and oxygen atoms in total. The van der Waals surface area contributed by atoms with Crippen LogP contribution in [0.5, 0.6) is 5.75 Å². The standard InChI is InChI=1S/C18H19F3N2O4S3/c1-12(13-2-4-14(5-3-13)27-18(19,20)21)22-17(24)16-15(6-9-29-16)30(25,26)23-7-10-28-11-8-23/h2-6,9,12H,7-8,10-11H2,1H3,(H,22,24). The fraction of sp³-hybridized carbons (Fsp3) is 0.389. The lowest BCUT2D eigenvalue weighted by atomic mass is 10.1. The Balaban J connectivity index is 1.72. The van der Waals surface area contributed by atoms with Gasteiger partial charge in [0, 0.05) is 24.6 Å². The number of hydrogen-bond donors (Lipinski definition) is 1. The van der Waals surface area contributed by atoms with Crippen molar-refractivity contribution in [1.82, 2.24) is 9.62 Å². The maximum Gasteiger partial charge on any atom is 0.573 e. The topological polar surface area (TPSA) is 75.7 Å². The van der Waals surface area contributed by atoms with E-state index in [9.17, 15) is 26.4 Å². The summed E-state index contributed by atoms with van der Waals surface area (Å²) in [5, 5.41) is 4.25. The molecule has 164 valence electrons. The van der Waals surface area contributed by atoms with Crippen LogP contribution in [0.25, 0.3) is 0 Å². The second-order valence-corrected chi connectivity index (χ2v) is 10.5. The predicted octanol–water partition coefficient (Wildman–Crippen LogP) is 3.88. The minimum atomic E-state index is -4.78. The van der Waals surface area contributed by atoms with E-state index >= 15 is 0 Å². The third-order valence-corrected chi connectivity index (χ3v) is 8.31. The first-order chi connectivity index (χ1) is 14.1. The van der Waals surface area contributed by atoms with Gasteiger partial charge in [-0.2, -0.15) is 16.1 Å². The Bertz CT molecular complexity index is 985. The number of carbonyl (C=O) groups is 1. The Kier molecular flexibility index (Phi) is 7.00. The molecule has 0 aliphatic carbocycles. The zero-order valence-electron chi connectivity index (χ0n) is 15.8. The van der Waals surface area contributed by atoms with Crippen LogP contribution in [-0.4, -0.2) is 49.6 Å². The number of benzene rings is 1. The minimum absolute atomic E-state index is 0.0296. The highest BCUT2D eigenvalue weighted by atomic mass is 32.2. The Morgan fingerprint density at radius 2 is 1.80 bits per heavy atom. The molecule has 30 heavy (non-hydrogen) atoms. The van der Waals surface area contributed by atoms with E-state index < -0.39 is 28.3 Å². The van der Waals surface area contributed by atoms with E-state index in [1.807, 2.05) is 0 Å². The molecule has 12 heteroatoms. The number of ether oxygens (including phenoxy) is 1. The smallest absolute Gasteiger partial charge is 0.406 e. The molecule has 1 aromatic heterocycles. The first-order valence-electron chi connectivity index (χ1n) is 8.90. The van der Waals surface area contributed by atoms with Gasteiger partial charge in [0.15, 0.2) is 0 Å². The Morgan fingerprint density at radius 3 is 2.40 bits per heavy atom. The molecule has 1 atom stereocenters. The summed E-state index contributed by atoms with van der Waals surface area (Å²) in [6.45, 7) is 2.44. The average Bonchev–Trinajstić information content (AvgIpc) is 3.19. The molecule has 1 N–H and O–H groups in total. The van der Waals surface area contributed by atoms with Gasteiger partial charge in [-0.25, -0.2) is 8.42 Å². The van der Waals surface area contributed by atoms with Gasteiger partial charge in [-0.15, -0.1) is 24.5 Å². The number of hydrogen-bond acceptors (Lipinski definition) is 6. The van der Waals surface area contributed by atoms with Crippen molar-refractivity contribution in [2.45, 2.75) is 24.2 Å². The molecule has 3 rings (SSSR count). The Hall–Kier alpha value is -1.76. The number of nitrogens with one attached hydrogen (secondary N) is 1. The fourth-order valence-electron chi connectivity index (χ4n) is 2.90. The molecule has 1 aliphatic rings. The number of sulfonamides is 1. The van der Waals surface area contributed by atoms with Gasteiger partial charge in [0.1, 0.15) is 15.5 Å². The van der Waals surface area contributed by atoms with E-state index in [0.717, 1.165) is 23.5 Å². The molecule has 1 aliphatic heterocycles. The number of halogens is 3. The summed E-state index contributed by atoms with van der Waals surface area (Å²) in [7, 11) is -3.77. The Labute approximate surface area is 180 Å². The normalized spacial score (nSPS) is 16.8. The number of amides is 1. The predicted molar refractivity (Wildman–Crippen MR) is 109 cm³/mol. The van der Waals surface area contributed by atoms with Crippen LogP contribution in [0.3, 0.4) is 0 Å². The van der Waals surface area contributed by atoms with Crippen molar-refractivity contribution in [1.29, 1.82) is 0 Å². The lowest BCUT2D eigenvalue weighted by Gasteiger charge is -2.25. The number of alkyl halides is 3. The lowest BCUT2D eigenvalue weighted by Crippen LogP contribution is -2.38. The number of thiophene rings is 1. The zero-order valence-corrected chi connectivity index (χ0v) is 18.3. The van der Waals surface area contributed by atoms with Crippen molar-refractivity contribution in [3.63, 3.8) is 0 Å². The molecule has 1 amide bonds. The van der Waals surface area contributed by atoms with Crippen LogP contribution >= 0.6 is 23.1 Å². The van der Waals surface area contributed by atoms with Crippen molar-refractivity contribution < 1.29 is 31.1 Å². The average molecular weight is 481 g/mol. The minimum Gasteiger partial charge on any atom is -0.406 e. The number of thioether (sulfide) groups is 1. The third-order valence-electron chi connectivity index (χ3n) is 4.38. The van der Waals surface area contributed by atoms with E-state index in [1.165, 1.54) is 22.5 Å². The molecular weight excluding hydrogens is 461 g/mol. The van der Waals surface area contributed by atoms with Crippen LogP contribution in [0.1, 0.15) is 28.2 Å². The molecule has 1 fully saturated rings. The quantitative estimate of drug-likeness (QED) is 0.679. The van der Waals surface area contributed by atoms with Crippen molar-refractivity contribution >= 4 is 39.0 Å². The van der Waals surface area contributed by atoms with Crippen LogP contribution in [0.4, 0.5) is 13.2 Å². The molecule has 0 bridgehead atoms. The monoisotopic (exact) mass is 480 g/mol. The first-order valence-corrected chi connectivity index (χ1v) is 12.4. The molecular formula is C18H19F3N2O4S3. The summed E-state index contributed by atoms with van der Waals surface area (Å²) in [4.78, 5) is 12.8. The third kappa shape index (κ3) is 5.48. The molecule has 1 aromatic carbocycles. The van der Waals surface area contributed by atoms with E-state index in [0.29, 0.717) is 30.2 Å². The van der Waals surface area contributed by atoms with E-state index in [4.69, 9.17) is 0 Å². The molecule has 1 saturated heterocycles.